The van der Waals surface area contributed by atoms with Crippen LogP contribution in [-0.2, 0) is 0 Å². The molecule has 3 nitrogen and oxygen atoms in total. The van der Waals surface area contributed by atoms with Crippen LogP contribution < -0.4 is 5.56 Å². The first-order chi connectivity index (χ1) is 10.1. The van der Waals surface area contributed by atoms with E-state index in [0.717, 1.165) is 36.2 Å². The molecule has 2 aromatic rings. The van der Waals surface area contributed by atoms with Crippen molar-refractivity contribution in [2.75, 3.05) is 0 Å². The van der Waals surface area contributed by atoms with Crippen LogP contribution in [-0.4, -0.2) is 9.55 Å². The van der Waals surface area contributed by atoms with Gasteiger partial charge in [-0.1, -0.05) is 0 Å². The average molecular weight is 284 g/mol. The Balaban J connectivity index is 1.84. The molecule has 0 spiro atoms. The highest BCUT2D eigenvalue weighted by Crippen LogP contribution is 2.57. The van der Waals surface area contributed by atoms with Gasteiger partial charge in [0.15, 0.2) is 0 Å². The fourth-order valence-electron chi connectivity index (χ4n) is 3.67. The maximum atomic E-state index is 13.1. The topological polar surface area (TPSA) is 34.9 Å². The molecule has 0 saturated heterocycles. The van der Waals surface area contributed by atoms with Gasteiger partial charge in [-0.2, -0.15) is 0 Å². The summed E-state index contributed by atoms with van der Waals surface area (Å²) in [6.07, 6.45) is 3.59. The number of aromatic nitrogens is 2. The molecule has 0 aliphatic heterocycles. The van der Waals surface area contributed by atoms with Gasteiger partial charge in [-0.15, -0.1) is 0 Å². The average Bonchev–Trinajstić information content (AvgIpc) is 3.06. The Morgan fingerprint density at radius 3 is 2.48 bits per heavy atom. The van der Waals surface area contributed by atoms with E-state index >= 15 is 0 Å². The van der Waals surface area contributed by atoms with Gasteiger partial charge in [-0.05, 0) is 62.3 Å². The van der Waals surface area contributed by atoms with E-state index in [1.54, 1.807) is 22.8 Å². The molecule has 108 valence electrons. The fraction of sp³-hybridized carbons (Fsp3) is 0.412. The number of aryl methyl sites for hydroxylation is 1. The van der Waals surface area contributed by atoms with E-state index in [0.29, 0.717) is 11.6 Å². The predicted octanol–water partition coefficient (Wildman–Crippen LogP) is 3.19. The van der Waals surface area contributed by atoms with Gasteiger partial charge in [0, 0.05) is 17.7 Å². The number of halogens is 1. The largest absolute Gasteiger partial charge is 0.269 e. The van der Waals surface area contributed by atoms with Gasteiger partial charge < -0.3 is 0 Å². The zero-order valence-corrected chi connectivity index (χ0v) is 11.9. The lowest BCUT2D eigenvalue weighted by atomic mass is 10.0. The zero-order chi connectivity index (χ0) is 14.6. The SMILES string of the molecule is Cc1cc(=O)n(-c2ccc(F)cc2)c(C2C[C@@H]3C[C@@H]3C2)n1. The molecule has 2 aliphatic rings. The highest BCUT2D eigenvalue weighted by atomic mass is 19.1. The Bertz CT molecular complexity index is 740. The smallest absolute Gasteiger partial charge is 0.258 e. The van der Waals surface area contributed by atoms with Crippen LogP contribution >= 0.6 is 0 Å². The molecular formula is C17H17FN2O. The Morgan fingerprint density at radius 2 is 1.81 bits per heavy atom. The number of rotatable bonds is 2. The third-order valence-electron chi connectivity index (χ3n) is 4.77. The number of fused-ring (bicyclic) bond motifs is 1. The van der Waals surface area contributed by atoms with E-state index in [1.807, 2.05) is 6.92 Å². The van der Waals surface area contributed by atoms with Crippen LogP contribution in [0.5, 0.6) is 0 Å². The molecule has 1 unspecified atom stereocenters. The van der Waals surface area contributed by atoms with E-state index in [1.165, 1.54) is 18.6 Å². The van der Waals surface area contributed by atoms with Crippen molar-refractivity contribution < 1.29 is 4.39 Å². The van der Waals surface area contributed by atoms with Crippen LogP contribution in [0.3, 0.4) is 0 Å². The molecule has 0 bridgehead atoms. The quantitative estimate of drug-likeness (QED) is 0.849. The van der Waals surface area contributed by atoms with Crippen LogP contribution in [0.2, 0.25) is 0 Å². The Kier molecular flexibility index (Phi) is 2.74. The molecule has 21 heavy (non-hydrogen) atoms. The Hall–Kier alpha value is -1.97. The van der Waals surface area contributed by atoms with E-state index < -0.39 is 0 Å². The van der Waals surface area contributed by atoms with Gasteiger partial charge in [0.05, 0.1) is 5.69 Å². The lowest BCUT2D eigenvalue weighted by molar-refractivity contribution is 0.565. The van der Waals surface area contributed by atoms with Crippen LogP contribution in [0.25, 0.3) is 5.69 Å². The van der Waals surface area contributed by atoms with Gasteiger partial charge in [-0.3, -0.25) is 9.36 Å². The van der Waals surface area contributed by atoms with Gasteiger partial charge >= 0.3 is 0 Å². The summed E-state index contributed by atoms with van der Waals surface area (Å²) in [5, 5.41) is 0. The van der Waals surface area contributed by atoms with Gasteiger partial charge in [-0.25, -0.2) is 9.37 Å². The molecule has 0 N–H and O–H groups in total. The molecule has 4 rings (SSSR count). The normalized spacial score (nSPS) is 26.7. The van der Waals surface area contributed by atoms with Gasteiger partial charge in [0.1, 0.15) is 11.6 Å². The van der Waals surface area contributed by atoms with Crippen LogP contribution in [0.1, 0.15) is 36.7 Å². The van der Waals surface area contributed by atoms with Crippen molar-refractivity contribution in [3.05, 3.63) is 58.0 Å². The molecule has 1 heterocycles. The first-order valence-corrected chi connectivity index (χ1v) is 7.48. The summed E-state index contributed by atoms with van der Waals surface area (Å²) in [4.78, 5) is 17.1. The Labute approximate surface area is 122 Å². The van der Waals surface area contributed by atoms with Crippen LogP contribution in [0.15, 0.2) is 35.1 Å². The minimum Gasteiger partial charge on any atom is -0.269 e. The number of hydrogen-bond acceptors (Lipinski definition) is 2. The molecule has 1 aromatic heterocycles. The predicted molar refractivity (Wildman–Crippen MR) is 78.1 cm³/mol. The monoisotopic (exact) mass is 284 g/mol. The lowest BCUT2D eigenvalue weighted by Gasteiger charge is -2.18. The van der Waals surface area contributed by atoms with E-state index in [4.69, 9.17) is 0 Å². The maximum absolute atomic E-state index is 13.1. The first-order valence-electron chi connectivity index (χ1n) is 7.48. The molecule has 3 atom stereocenters. The van der Waals surface area contributed by atoms with Crippen LogP contribution in [0, 0.1) is 24.6 Å². The second kappa shape index (κ2) is 4.52. The molecule has 2 fully saturated rings. The summed E-state index contributed by atoms with van der Waals surface area (Å²) in [6, 6.07) is 7.61. The van der Waals surface area contributed by atoms with Crippen molar-refractivity contribution >= 4 is 0 Å². The second-order valence-electron chi connectivity index (χ2n) is 6.33. The van der Waals surface area contributed by atoms with Crippen molar-refractivity contribution in [2.45, 2.75) is 32.1 Å². The number of hydrogen-bond donors (Lipinski definition) is 0. The zero-order valence-electron chi connectivity index (χ0n) is 11.9. The molecule has 4 heteroatoms. The van der Waals surface area contributed by atoms with Crippen molar-refractivity contribution in [2.24, 2.45) is 11.8 Å². The minimum absolute atomic E-state index is 0.0790. The standard InChI is InChI=1S/C17H17FN2O/c1-10-6-16(21)20(15-4-2-14(18)3-5-15)17(19-10)13-8-11-7-12(11)9-13/h2-6,11-13H,7-9H2,1H3/t11-,12+,13?. The number of benzene rings is 1. The summed E-state index contributed by atoms with van der Waals surface area (Å²) in [5.41, 5.74) is 1.38. The molecule has 2 saturated carbocycles. The van der Waals surface area contributed by atoms with E-state index in [9.17, 15) is 9.18 Å². The molecule has 2 aliphatic carbocycles. The minimum atomic E-state index is -0.296. The number of nitrogens with zero attached hydrogens (tertiary/aromatic N) is 2. The summed E-state index contributed by atoms with van der Waals surface area (Å²) >= 11 is 0. The highest BCUT2D eigenvalue weighted by Gasteiger charge is 2.47. The van der Waals surface area contributed by atoms with E-state index in [-0.39, 0.29) is 11.4 Å². The molecule has 0 amide bonds. The van der Waals surface area contributed by atoms with Crippen molar-refractivity contribution in [1.29, 1.82) is 0 Å². The van der Waals surface area contributed by atoms with Gasteiger partial charge in [0.25, 0.3) is 5.56 Å². The molecule has 1 aromatic carbocycles. The summed E-state index contributed by atoms with van der Waals surface area (Å²) in [7, 11) is 0. The summed E-state index contributed by atoms with van der Waals surface area (Å²) < 4.78 is 14.8. The summed E-state index contributed by atoms with van der Waals surface area (Å²) in [5.74, 6) is 2.56. The van der Waals surface area contributed by atoms with Crippen molar-refractivity contribution in [3.63, 3.8) is 0 Å². The van der Waals surface area contributed by atoms with Crippen molar-refractivity contribution in [3.8, 4) is 5.69 Å². The third kappa shape index (κ3) is 2.19. The van der Waals surface area contributed by atoms with Gasteiger partial charge in [0.2, 0.25) is 0 Å². The summed E-state index contributed by atoms with van der Waals surface area (Å²) in [6.45, 7) is 1.86. The lowest BCUT2D eigenvalue weighted by Crippen LogP contribution is -2.25. The van der Waals surface area contributed by atoms with Crippen LogP contribution in [0.4, 0.5) is 4.39 Å². The Morgan fingerprint density at radius 1 is 1.14 bits per heavy atom. The highest BCUT2D eigenvalue weighted by molar-refractivity contribution is 5.34. The van der Waals surface area contributed by atoms with E-state index in [2.05, 4.69) is 4.98 Å². The fourth-order valence-corrected chi connectivity index (χ4v) is 3.67. The maximum Gasteiger partial charge on any atom is 0.258 e. The molecular weight excluding hydrogens is 267 g/mol. The second-order valence-corrected chi connectivity index (χ2v) is 6.33. The van der Waals surface area contributed by atoms with Crippen molar-refractivity contribution in [1.82, 2.24) is 9.55 Å². The first kappa shape index (κ1) is 12.7. The third-order valence-corrected chi connectivity index (χ3v) is 4.77. The molecule has 0 radical (unpaired) electrons.